The Morgan fingerprint density at radius 3 is 2.30 bits per heavy atom. The maximum Gasteiger partial charge on any atom is 0.161 e. The van der Waals surface area contributed by atoms with E-state index in [2.05, 4.69) is 9.97 Å². The fraction of sp³-hybridized carbons (Fsp3) is 0. The van der Waals surface area contributed by atoms with Crippen molar-refractivity contribution in [1.29, 1.82) is 0 Å². The molecule has 0 N–H and O–H groups in total. The SMILES string of the molecule is Fc1cc(F)cc(-c2nc(Cl)c3cccc(F)c3n2)c1. The van der Waals surface area contributed by atoms with E-state index in [0.29, 0.717) is 5.39 Å². The molecule has 3 aromatic rings. The fourth-order valence-electron chi connectivity index (χ4n) is 1.89. The quantitative estimate of drug-likeness (QED) is 0.623. The summed E-state index contributed by atoms with van der Waals surface area (Å²) >= 11 is 5.96. The maximum absolute atomic E-state index is 13.7. The first-order valence-electron chi connectivity index (χ1n) is 5.63. The fourth-order valence-corrected chi connectivity index (χ4v) is 2.12. The molecule has 0 saturated heterocycles. The normalized spacial score (nSPS) is 11.0. The third kappa shape index (κ3) is 2.20. The molecule has 0 unspecified atom stereocenters. The molecule has 0 spiro atoms. The zero-order chi connectivity index (χ0) is 14.3. The first-order chi connectivity index (χ1) is 9.54. The summed E-state index contributed by atoms with van der Waals surface area (Å²) in [6.45, 7) is 0. The van der Waals surface area contributed by atoms with E-state index < -0.39 is 17.5 Å². The average Bonchev–Trinajstić information content (AvgIpc) is 2.38. The van der Waals surface area contributed by atoms with Gasteiger partial charge >= 0.3 is 0 Å². The van der Waals surface area contributed by atoms with Crippen molar-refractivity contribution in [3.8, 4) is 11.4 Å². The van der Waals surface area contributed by atoms with Crippen LogP contribution in [0.3, 0.4) is 0 Å². The molecule has 2 nitrogen and oxygen atoms in total. The Morgan fingerprint density at radius 1 is 0.900 bits per heavy atom. The van der Waals surface area contributed by atoms with Gasteiger partial charge in [0.2, 0.25) is 0 Å². The minimum atomic E-state index is -0.770. The predicted molar refractivity (Wildman–Crippen MR) is 69.9 cm³/mol. The smallest absolute Gasteiger partial charge is 0.161 e. The molecule has 0 fully saturated rings. The van der Waals surface area contributed by atoms with Gasteiger partial charge in [0.05, 0.1) is 0 Å². The van der Waals surface area contributed by atoms with Crippen LogP contribution in [0.2, 0.25) is 5.15 Å². The highest BCUT2D eigenvalue weighted by molar-refractivity contribution is 6.34. The highest BCUT2D eigenvalue weighted by atomic mass is 35.5. The number of nitrogens with zero attached hydrogens (tertiary/aromatic N) is 2. The van der Waals surface area contributed by atoms with Crippen LogP contribution in [0.1, 0.15) is 0 Å². The third-order valence-corrected chi connectivity index (χ3v) is 3.04. The lowest BCUT2D eigenvalue weighted by Crippen LogP contribution is -1.95. The Labute approximate surface area is 116 Å². The summed E-state index contributed by atoms with van der Waals surface area (Å²) in [5, 5.41) is 0.362. The molecule has 20 heavy (non-hydrogen) atoms. The van der Waals surface area contributed by atoms with Crippen LogP contribution in [-0.4, -0.2) is 9.97 Å². The highest BCUT2D eigenvalue weighted by Gasteiger charge is 2.12. The third-order valence-electron chi connectivity index (χ3n) is 2.75. The van der Waals surface area contributed by atoms with E-state index in [1.165, 1.54) is 12.1 Å². The van der Waals surface area contributed by atoms with Gasteiger partial charge in [0.1, 0.15) is 28.1 Å². The van der Waals surface area contributed by atoms with E-state index in [0.717, 1.165) is 18.2 Å². The number of fused-ring (bicyclic) bond motifs is 1. The average molecular weight is 295 g/mol. The monoisotopic (exact) mass is 294 g/mol. The van der Waals surface area contributed by atoms with Crippen LogP contribution in [0.25, 0.3) is 22.3 Å². The second-order valence-corrected chi connectivity index (χ2v) is 4.49. The Hall–Kier alpha value is -2.14. The molecule has 0 amide bonds. The van der Waals surface area contributed by atoms with Crippen molar-refractivity contribution in [2.75, 3.05) is 0 Å². The van der Waals surface area contributed by atoms with Gasteiger partial charge in [-0.1, -0.05) is 17.7 Å². The zero-order valence-electron chi connectivity index (χ0n) is 9.87. The molecule has 0 atom stereocenters. The standard InChI is InChI=1S/C14H6ClF3N2/c15-13-10-2-1-3-11(18)12(10)19-14(20-13)7-4-8(16)6-9(17)5-7/h1-6H. The Bertz CT molecular complexity index is 801. The zero-order valence-corrected chi connectivity index (χ0v) is 10.6. The summed E-state index contributed by atoms with van der Waals surface area (Å²) in [4.78, 5) is 7.93. The molecule has 100 valence electrons. The Balaban J connectivity index is 2.29. The molecule has 6 heteroatoms. The minimum Gasteiger partial charge on any atom is -0.225 e. The van der Waals surface area contributed by atoms with Crippen molar-refractivity contribution in [2.24, 2.45) is 0 Å². The topological polar surface area (TPSA) is 25.8 Å². The van der Waals surface area contributed by atoms with E-state index >= 15 is 0 Å². The van der Waals surface area contributed by atoms with Gasteiger partial charge in [-0.15, -0.1) is 0 Å². The number of aromatic nitrogens is 2. The predicted octanol–water partition coefficient (Wildman–Crippen LogP) is 4.37. The molecule has 0 aliphatic rings. The summed E-state index contributed by atoms with van der Waals surface area (Å²) in [5.41, 5.74) is 0.0988. The summed E-state index contributed by atoms with van der Waals surface area (Å²) in [6.07, 6.45) is 0. The molecule has 0 bridgehead atoms. The number of hydrogen-bond donors (Lipinski definition) is 0. The van der Waals surface area contributed by atoms with E-state index in [-0.39, 0.29) is 22.1 Å². The molecular formula is C14H6ClF3N2. The number of para-hydroxylation sites is 1. The lowest BCUT2D eigenvalue weighted by Gasteiger charge is -2.05. The van der Waals surface area contributed by atoms with Gasteiger partial charge in [-0.25, -0.2) is 23.1 Å². The van der Waals surface area contributed by atoms with Gasteiger partial charge in [-0.2, -0.15) is 0 Å². The summed E-state index contributed by atoms with van der Waals surface area (Å²) in [6, 6.07) is 7.11. The van der Waals surface area contributed by atoms with E-state index in [1.807, 2.05) is 0 Å². The molecule has 1 aromatic heterocycles. The number of benzene rings is 2. The van der Waals surface area contributed by atoms with Crippen LogP contribution in [0.5, 0.6) is 0 Å². The molecule has 2 aromatic carbocycles. The van der Waals surface area contributed by atoms with Crippen molar-refractivity contribution < 1.29 is 13.2 Å². The molecular weight excluding hydrogens is 289 g/mol. The first kappa shape index (κ1) is 12.9. The first-order valence-corrected chi connectivity index (χ1v) is 6.00. The van der Waals surface area contributed by atoms with Crippen LogP contribution in [0.15, 0.2) is 36.4 Å². The van der Waals surface area contributed by atoms with Crippen LogP contribution in [0.4, 0.5) is 13.2 Å². The Morgan fingerprint density at radius 2 is 1.60 bits per heavy atom. The van der Waals surface area contributed by atoms with Crippen molar-refractivity contribution in [3.05, 3.63) is 59.0 Å². The van der Waals surface area contributed by atoms with Crippen LogP contribution in [-0.2, 0) is 0 Å². The van der Waals surface area contributed by atoms with Gasteiger partial charge in [-0.3, -0.25) is 0 Å². The molecule has 3 rings (SSSR count). The van der Waals surface area contributed by atoms with Crippen molar-refractivity contribution in [2.45, 2.75) is 0 Å². The van der Waals surface area contributed by atoms with Gasteiger partial charge in [-0.05, 0) is 24.3 Å². The van der Waals surface area contributed by atoms with Gasteiger partial charge in [0, 0.05) is 17.0 Å². The largest absolute Gasteiger partial charge is 0.225 e. The number of hydrogen-bond acceptors (Lipinski definition) is 2. The minimum absolute atomic E-state index is 0.00664. The molecule has 0 radical (unpaired) electrons. The molecule has 1 heterocycles. The van der Waals surface area contributed by atoms with E-state index in [1.54, 1.807) is 6.07 Å². The summed E-state index contributed by atoms with van der Waals surface area (Å²) in [7, 11) is 0. The van der Waals surface area contributed by atoms with Gasteiger partial charge < -0.3 is 0 Å². The maximum atomic E-state index is 13.7. The lowest BCUT2D eigenvalue weighted by molar-refractivity contribution is 0.584. The highest BCUT2D eigenvalue weighted by Crippen LogP contribution is 2.27. The lowest BCUT2D eigenvalue weighted by atomic mass is 10.2. The van der Waals surface area contributed by atoms with Crippen molar-refractivity contribution >= 4 is 22.5 Å². The number of rotatable bonds is 1. The van der Waals surface area contributed by atoms with E-state index in [4.69, 9.17) is 11.6 Å². The van der Waals surface area contributed by atoms with Gasteiger partial charge in [0.15, 0.2) is 5.82 Å². The van der Waals surface area contributed by atoms with Gasteiger partial charge in [0.25, 0.3) is 0 Å². The van der Waals surface area contributed by atoms with Crippen molar-refractivity contribution in [3.63, 3.8) is 0 Å². The van der Waals surface area contributed by atoms with Crippen LogP contribution < -0.4 is 0 Å². The van der Waals surface area contributed by atoms with E-state index in [9.17, 15) is 13.2 Å². The Kier molecular flexibility index (Phi) is 3.06. The molecule has 0 aliphatic carbocycles. The number of halogens is 4. The summed E-state index contributed by atoms with van der Waals surface area (Å²) in [5.74, 6) is -2.15. The second-order valence-electron chi connectivity index (χ2n) is 4.13. The summed E-state index contributed by atoms with van der Waals surface area (Å²) < 4.78 is 40.1. The second kappa shape index (κ2) is 4.76. The molecule has 0 saturated carbocycles. The van der Waals surface area contributed by atoms with Crippen molar-refractivity contribution in [1.82, 2.24) is 9.97 Å². The van der Waals surface area contributed by atoms with Crippen LogP contribution >= 0.6 is 11.6 Å². The van der Waals surface area contributed by atoms with Crippen LogP contribution in [0, 0.1) is 17.5 Å². The molecule has 0 aliphatic heterocycles.